The number of fused-ring (bicyclic) bond motifs is 1. The second-order valence-corrected chi connectivity index (χ2v) is 7.65. The Kier molecular flexibility index (Phi) is 2.80. The summed E-state index contributed by atoms with van der Waals surface area (Å²) in [7, 11) is -2.99. The predicted molar refractivity (Wildman–Crippen MR) is 79.0 cm³/mol. The molecule has 22 heavy (non-hydrogen) atoms. The molecule has 0 bridgehead atoms. The molecule has 114 valence electrons. The van der Waals surface area contributed by atoms with E-state index in [-0.39, 0.29) is 17.5 Å². The van der Waals surface area contributed by atoms with Crippen LogP contribution in [0.3, 0.4) is 0 Å². The summed E-state index contributed by atoms with van der Waals surface area (Å²) in [5.74, 6) is 1.50. The van der Waals surface area contributed by atoms with Crippen LogP contribution in [0.4, 0.5) is 0 Å². The van der Waals surface area contributed by atoms with Crippen molar-refractivity contribution in [2.45, 2.75) is 19.4 Å². The van der Waals surface area contributed by atoms with Crippen molar-refractivity contribution in [2.75, 3.05) is 11.5 Å². The first-order valence-corrected chi connectivity index (χ1v) is 8.78. The number of aromatic nitrogens is 6. The molecule has 1 fully saturated rings. The Balaban J connectivity index is 1.86. The summed E-state index contributed by atoms with van der Waals surface area (Å²) in [6.07, 6.45) is 3.92. The van der Waals surface area contributed by atoms with E-state index in [0.29, 0.717) is 29.4 Å². The van der Waals surface area contributed by atoms with Crippen LogP contribution < -0.4 is 0 Å². The van der Waals surface area contributed by atoms with Crippen molar-refractivity contribution >= 4 is 15.5 Å². The second-order valence-electron chi connectivity index (χ2n) is 5.42. The normalized spacial score (nSPS) is 20.7. The number of sulfone groups is 1. The molecule has 0 spiro atoms. The lowest BCUT2D eigenvalue weighted by Crippen LogP contribution is -2.14. The maximum absolute atomic E-state index is 11.7. The summed E-state index contributed by atoms with van der Waals surface area (Å²) in [6.45, 7) is 1.79. The van der Waals surface area contributed by atoms with E-state index in [1.165, 1.54) is 0 Å². The zero-order valence-electron chi connectivity index (χ0n) is 11.9. The molecule has 1 unspecified atom stereocenters. The van der Waals surface area contributed by atoms with Crippen LogP contribution in [0.5, 0.6) is 0 Å². The van der Waals surface area contributed by atoms with Crippen LogP contribution in [0.1, 0.15) is 18.3 Å². The van der Waals surface area contributed by atoms with E-state index in [1.54, 1.807) is 28.5 Å². The van der Waals surface area contributed by atoms with Gasteiger partial charge in [0, 0.05) is 6.20 Å². The van der Waals surface area contributed by atoms with Crippen molar-refractivity contribution in [3.05, 3.63) is 30.4 Å². The van der Waals surface area contributed by atoms with Gasteiger partial charge in [0.1, 0.15) is 11.5 Å². The van der Waals surface area contributed by atoms with E-state index >= 15 is 0 Å². The van der Waals surface area contributed by atoms with E-state index in [2.05, 4.69) is 20.2 Å². The van der Waals surface area contributed by atoms with Gasteiger partial charge in [-0.1, -0.05) is 0 Å². The summed E-state index contributed by atoms with van der Waals surface area (Å²) in [5, 5.41) is 8.67. The predicted octanol–water partition coefficient (Wildman–Crippen LogP) is 0.656. The lowest BCUT2D eigenvalue weighted by atomic mass is 10.2. The quantitative estimate of drug-likeness (QED) is 0.688. The third kappa shape index (κ3) is 2.08. The number of hydrogen-bond acceptors (Lipinski definition) is 6. The number of rotatable bonds is 2. The molecule has 8 nitrogen and oxygen atoms in total. The molecular weight excluding hydrogens is 304 g/mol. The Labute approximate surface area is 126 Å². The van der Waals surface area contributed by atoms with E-state index in [1.807, 2.05) is 12.1 Å². The monoisotopic (exact) mass is 318 g/mol. The molecule has 1 aliphatic rings. The van der Waals surface area contributed by atoms with Crippen molar-refractivity contribution in [2.24, 2.45) is 0 Å². The summed E-state index contributed by atoms with van der Waals surface area (Å²) >= 11 is 0. The molecule has 0 radical (unpaired) electrons. The van der Waals surface area contributed by atoms with Gasteiger partial charge in [-0.25, -0.2) is 27.6 Å². The lowest BCUT2D eigenvalue weighted by molar-refractivity contribution is 0.500. The SMILES string of the molecule is Cc1nc(-c2cnc3cccnn23)n(C2CCS(=O)(=O)C2)n1. The van der Waals surface area contributed by atoms with Crippen LogP contribution in [0.15, 0.2) is 24.5 Å². The summed E-state index contributed by atoms with van der Waals surface area (Å²) in [6, 6.07) is 3.48. The third-order valence-corrected chi connectivity index (χ3v) is 5.55. The molecule has 3 aromatic heterocycles. The second kappa shape index (κ2) is 4.60. The Morgan fingerprint density at radius 2 is 2.23 bits per heavy atom. The van der Waals surface area contributed by atoms with E-state index in [0.717, 1.165) is 0 Å². The molecule has 9 heteroatoms. The Bertz CT molecular complexity index is 958. The van der Waals surface area contributed by atoms with Gasteiger partial charge in [0.15, 0.2) is 21.3 Å². The van der Waals surface area contributed by atoms with Gasteiger partial charge in [0.05, 0.1) is 23.7 Å². The van der Waals surface area contributed by atoms with Crippen molar-refractivity contribution < 1.29 is 8.42 Å². The minimum atomic E-state index is -2.99. The standard InChI is InChI=1S/C13H14N6O2S/c1-9-16-13(11-7-14-12-3-2-5-15-19(11)12)18(17-9)10-4-6-22(20,21)8-10/h2-3,5,7,10H,4,6,8H2,1H3. The number of aryl methyl sites for hydroxylation is 1. The highest BCUT2D eigenvalue weighted by Gasteiger charge is 2.32. The molecule has 1 aliphatic heterocycles. The average Bonchev–Trinajstić information content (AvgIpc) is 3.15. The van der Waals surface area contributed by atoms with Gasteiger partial charge in [-0.15, -0.1) is 0 Å². The molecule has 3 aromatic rings. The maximum atomic E-state index is 11.7. The van der Waals surface area contributed by atoms with Gasteiger partial charge in [0.25, 0.3) is 0 Å². The Hall–Kier alpha value is -2.29. The van der Waals surface area contributed by atoms with Gasteiger partial charge < -0.3 is 0 Å². The van der Waals surface area contributed by atoms with Crippen LogP contribution >= 0.6 is 0 Å². The van der Waals surface area contributed by atoms with Crippen molar-refractivity contribution in [3.8, 4) is 11.5 Å². The fourth-order valence-electron chi connectivity index (χ4n) is 2.81. The fourth-order valence-corrected chi connectivity index (χ4v) is 4.50. The fraction of sp³-hybridized carbons (Fsp3) is 0.385. The molecule has 0 aliphatic carbocycles. The van der Waals surface area contributed by atoms with Crippen LogP contribution in [-0.2, 0) is 9.84 Å². The zero-order valence-corrected chi connectivity index (χ0v) is 12.7. The minimum absolute atomic E-state index is 0.104. The van der Waals surface area contributed by atoms with Crippen molar-refractivity contribution in [1.29, 1.82) is 0 Å². The highest BCUT2D eigenvalue weighted by molar-refractivity contribution is 7.91. The summed E-state index contributed by atoms with van der Waals surface area (Å²) in [4.78, 5) is 8.75. The number of hydrogen-bond donors (Lipinski definition) is 0. The smallest absolute Gasteiger partial charge is 0.179 e. The summed E-state index contributed by atoms with van der Waals surface area (Å²) in [5.41, 5.74) is 1.42. The Morgan fingerprint density at radius 1 is 1.36 bits per heavy atom. The molecule has 0 aromatic carbocycles. The minimum Gasteiger partial charge on any atom is -0.240 e. The zero-order chi connectivity index (χ0) is 15.3. The van der Waals surface area contributed by atoms with E-state index in [9.17, 15) is 8.42 Å². The molecule has 0 N–H and O–H groups in total. The van der Waals surface area contributed by atoms with E-state index in [4.69, 9.17) is 0 Å². The highest BCUT2D eigenvalue weighted by Crippen LogP contribution is 2.28. The topological polar surface area (TPSA) is 95.0 Å². The van der Waals surface area contributed by atoms with Crippen LogP contribution in [0.25, 0.3) is 17.2 Å². The van der Waals surface area contributed by atoms with Crippen LogP contribution in [0, 0.1) is 6.92 Å². The molecule has 1 atom stereocenters. The van der Waals surface area contributed by atoms with Crippen LogP contribution in [-0.4, -0.2) is 49.3 Å². The first-order chi connectivity index (χ1) is 10.5. The Morgan fingerprint density at radius 3 is 3.00 bits per heavy atom. The lowest BCUT2D eigenvalue weighted by Gasteiger charge is -2.11. The highest BCUT2D eigenvalue weighted by atomic mass is 32.2. The van der Waals surface area contributed by atoms with Gasteiger partial charge in [-0.2, -0.15) is 10.2 Å². The average molecular weight is 318 g/mol. The third-order valence-electron chi connectivity index (χ3n) is 3.80. The first kappa shape index (κ1) is 13.4. The molecule has 4 heterocycles. The first-order valence-electron chi connectivity index (χ1n) is 6.96. The number of nitrogens with zero attached hydrogens (tertiary/aromatic N) is 6. The van der Waals surface area contributed by atoms with Gasteiger partial charge in [-0.3, -0.25) is 0 Å². The van der Waals surface area contributed by atoms with Crippen LogP contribution in [0.2, 0.25) is 0 Å². The molecule has 1 saturated heterocycles. The molecule has 4 rings (SSSR count). The largest absolute Gasteiger partial charge is 0.240 e. The van der Waals surface area contributed by atoms with Gasteiger partial charge in [-0.05, 0) is 25.5 Å². The van der Waals surface area contributed by atoms with Crippen molar-refractivity contribution in [3.63, 3.8) is 0 Å². The van der Waals surface area contributed by atoms with E-state index < -0.39 is 9.84 Å². The number of imidazole rings is 1. The molecule has 0 amide bonds. The molecular formula is C13H14N6O2S. The van der Waals surface area contributed by atoms with Gasteiger partial charge >= 0.3 is 0 Å². The molecule has 0 saturated carbocycles. The summed E-state index contributed by atoms with van der Waals surface area (Å²) < 4.78 is 26.9. The maximum Gasteiger partial charge on any atom is 0.179 e. The van der Waals surface area contributed by atoms with Crippen molar-refractivity contribution in [1.82, 2.24) is 29.4 Å². The van der Waals surface area contributed by atoms with Gasteiger partial charge in [0.2, 0.25) is 0 Å².